The molecule has 7 nitrogen and oxygen atoms in total. The van der Waals surface area contributed by atoms with Gasteiger partial charge < -0.3 is 29.4 Å². The van der Waals surface area contributed by atoms with Gasteiger partial charge in [-0.2, -0.15) is 0 Å². The van der Waals surface area contributed by atoms with E-state index in [4.69, 9.17) is 0 Å². The summed E-state index contributed by atoms with van der Waals surface area (Å²) < 4.78 is 4.49. The summed E-state index contributed by atoms with van der Waals surface area (Å²) in [6.45, 7) is -0.416. The molecule has 0 unspecified atom stereocenters. The summed E-state index contributed by atoms with van der Waals surface area (Å²) in [6.07, 6.45) is -0.652. The Balaban J connectivity index is 2.96. The first-order valence-corrected chi connectivity index (χ1v) is 3.69. The number of carbonyl (C=O) groups excluding carboxylic acids is 3. The van der Waals surface area contributed by atoms with Crippen LogP contribution in [0.25, 0.3) is 0 Å². The Hall–Kier alpha value is -1.63. The third-order valence-electron chi connectivity index (χ3n) is 2.10. The summed E-state index contributed by atoms with van der Waals surface area (Å²) in [4.78, 5) is 32.7. The summed E-state index contributed by atoms with van der Waals surface area (Å²) in [5.74, 6) is -4.36. The van der Waals surface area contributed by atoms with Crippen LogP contribution < -0.4 is 10.2 Å². The molecular weight excluding hydrogens is 194 g/mol. The minimum absolute atomic E-state index is 0.416. The second kappa shape index (κ2) is 3.26. The first-order chi connectivity index (χ1) is 6.46. The normalized spacial score (nSPS) is 18.9. The van der Waals surface area contributed by atoms with E-state index in [-0.39, 0.29) is 0 Å². The lowest BCUT2D eigenvalue weighted by atomic mass is 9.84. The summed E-state index contributed by atoms with van der Waals surface area (Å²) in [5.41, 5.74) is -2.37. The lowest BCUT2D eigenvalue weighted by molar-refractivity contribution is -0.348. The molecular formula is C7H7NO6-2. The number of carboxylic acids is 2. The van der Waals surface area contributed by atoms with E-state index >= 15 is 0 Å². The first kappa shape index (κ1) is 10.5. The number of β-lactam (4-membered cyclic amide) rings is 1. The van der Waals surface area contributed by atoms with Crippen molar-refractivity contribution in [2.24, 2.45) is 0 Å². The molecule has 0 aliphatic carbocycles. The molecule has 0 N–H and O–H groups in total. The fourth-order valence-electron chi connectivity index (χ4n) is 1.29. The molecule has 7 heteroatoms. The molecule has 1 amide bonds. The Bertz CT molecular complexity index is 285. The SMILES string of the molecule is COCN1C(=O)CC1(C(=O)[O-])C(=O)[O-]. The molecule has 0 aromatic heterocycles. The predicted octanol–water partition coefficient (Wildman–Crippen LogP) is -3.94. The molecule has 0 spiro atoms. The maximum atomic E-state index is 10.9. The maximum Gasteiger partial charge on any atom is 0.228 e. The van der Waals surface area contributed by atoms with E-state index in [9.17, 15) is 24.6 Å². The van der Waals surface area contributed by atoms with Crippen molar-refractivity contribution in [1.29, 1.82) is 0 Å². The van der Waals surface area contributed by atoms with Crippen molar-refractivity contribution in [1.82, 2.24) is 4.90 Å². The molecule has 0 bridgehead atoms. The molecule has 1 heterocycles. The molecule has 0 aromatic rings. The molecule has 1 fully saturated rings. The third-order valence-corrected chi connectivity index (χ3v) is 2.10. The molecule has 0 saturated carbocycles. The largest absolute Gasteiger partial charge is 0.547 e. The zero-order valence-electron chi connectivity index (χ0n) is 7.31. The van der Waals surface area contributed by atoms with Crippen LogP contribution in [-0.4, -0.2) is 42.1 Å². The molecule has 0 radical (unpaired) electrons. The van der Waals surface area contributed by atoms with E-state index in [2.05, 4.69) is 4.74 Å². The molecule has 1 saturated heterocycles. The Morgan fingerprint density at radius 2 is 2.00 bits per heavy atom. The number of aliphatic carboxylic acids is 2. The zero-order chi connectivity index (χ0) is 10.9. The monoisotopic (exact) mass is 201 g/mol. The maximum absolute atomic E-state index is 10.9. The van der Waals surface area contributed by atoms with Crippen LogP contribution in [0.1, 0.15) is 6.42 Å². The van der Waals surface area contributed by atoms with Crippen molar-refractivity contribution in [2.45, 2.75) is 12.0 Å². The summed E-state index contributed by atoms with van der Waals surface area (Å²) >= 11 is 0. The van der Waals surface area contributed by atoms with Gasteiger partial charge in [-0.25, -0.2) is 0 Å². The number of methoxy groups -OCH3 is 1. The van der Waals surface area contributed by atoms with Crippen molar-refractivity contribution in [2.75, 3.05) is 13.8 Å². The number of nitrogens with zero attached hydrogens (tertiary/aromatic N) is 1. The number of likely N-dealkylation sites (tertiary alicyclic amines) is 1. The van der Waals surface area contributed by atoms with Crippen molar-refractivity contribution in [3.05, 3.63) is 0 Å². The summed E-state index contributed by atoms with van der Waals surface area (Å²) in [5, 5.41) is 21.2. The minimum atomic E-state index is -2.37. The predicted molar refractivity (Wildman–Crippen MR) is 36.1 cm³/mol. The lowest BCUT2D eigenvalue weighted by Crippen LogP contribution is -2.77. The highest BCUT2D eigenvalue weighted by molar-refractivity contribution is 6.12. The zero-order valence-corrected chi connectivity index (χ0v) is 7.31. The standard InChI is InChI=1S/C7H9NO6/c1-14-3-8-4(9)2-7(8,5(10)11)6(12)13/h2-3H2,1H3,(H,10,11)(H,12,13)/p-2. The van der Waals surface area contributed by atoms with Crippen LogP contribution in [0.4, 0.5) is 0 Å². The van der Waals surface area contributed by atoms with Crippen molar-refractivity contribution in [3.63, 3.8) is 0 Å². The van der Waals surface area contributed by atoms with Crippen LogP contribution in [0.3, 0.4) is 0 Å². The number of carbonyl (C=O) groups is 3. The number of hydrogen-bond acceptors (Lipinski definition) is 6. The van der Waals surface area contributed by atoms with Gasteiger partial charge in [0.05, 0.1) is 18.4 Å². The van der Waals surface area contributed by atoms with Crippen LogP contribution in [0.5, 0.6) is 0 Å². The van der Waals surface area contributed by atoms with E-state index in [1.165, 1.54) is 7.11 Å². The number of ether oxygens (including phenoxy) is 1. The second-order valence-corrected chi connectivity index (χ2v) is 2.85. The van der Waals surface area contributed by atoms with Gasteiger partial charge in [0, 0.05) is 7.11 Å². The molecule has 14 heavy (non-hydrogen) atoms. The van der Waals surface area contributed by atoms with Gasteiger partial charge in [0.25, 0.3) is 0 Å². The Labute approximate surface area is 78.9 Å². The van der Waals surface area contributed by atoms with E-state index in [1.54, 1.807) is 0 Å². The van der Waals surface area contributed by atoms with Crippen molar-refractivity contribution < 1.29 is 29.3 Å². The van der Waals surface area contributed by atoms with Crippen LogP contribution >= 0.6 is 0 Å². The van der Waals surface area contributed by atoms with Gasteiger partial charge in [-0.05, 0) is 0 Å². The summed E-state index contributed by atoms with van der Waals surface area (Å²) in [7, 11) is 1.21. The lowest BCUT2D eigenvalue weighted by Gasteiger charge is -2.52. The average Bonchev–Trinajstić information content (AvgIpc) is 2.08. The number of carboxylic acid groups (broad SMARTS) is 2. The van der Waals surface area contributed by atoms with Gasteiger partial charge in [0.2, 0.25) is 5.91 Å². The molecule has 78 valence electrons. The highest BCUT2D eigenvalue weighted by Crippen LogP contribution is 2.30. The van der Waals surface area contributed by atoms with Crippen LogP contribution in [-0.2, 0) is 19.1 Å². The molecule has 1 aliphatic heterocycles. The molecule has 0 atom stereocenters. The van der Waals surface area contributed by atoms with Gasteiger partial charge in [0.15, 0.2) is 0 Å². The Morgan fingerprint density at radius 1 is 1.50 bits per heavy atom. The van der Waals surface area contributed by atoms with Gasteiger partial charge in [-0.15, -0.1) is 0 Å². The van der Waals surface area contributed by atoms with E-state index in [0.29, 0.717) is 4.90 Å². The first-order valence-electron chi connectivity index (χ1n) is 3.69. The van der Waals surface area contributed by atoms with E-state index in [1.807, 2.05) is 0 Å². The van der Waals surface area contributed by atoms with Gasteiger partial charge >= 0.3 is 0 Å². The Morgan fingerprint density at radius 3 is 2.29 bits per heavy atom. The van der Waals surface area contributed by atoms with Crippen molar-refractivity contribution >= 4 is 17.8 Å². The van der Waals surface area contributed by atoms with Crippen LogP contribution in [0.2, 0.25) is 0 Å². The quantitative estimate of drug-likeness (QED) is 0.339. The average molecular weight is 201 g/mol. The van der Waals surface area contributed by atoms with Crippen LogP contribution in [0, 0.1) is 0 Å². The van der Waals surface area contributed by atoms with E-state index < -0.39 is 36.5 Å². The highest BCUT2D eigenvalue weighted by atomic mass is 16.5. The number of amides is 1. The van der Waals surface area contributed by atoms with Gasteiger partial charge in [-0.1, -0.05) is 0 Å². The Kier molecular flexibility index (Phi) is 2.43. The summed E-state index contributed by atoms with van der Waals surface area (Å²) in [6, 6.07) is 0. The van der Waals surface area contributed by atoms with E-state index in [0.717, 1.165) is 0 Å². The number of hydrogen-bond donors (Lipinski definition) is 0. The molecule has 1 rings (SSSR count). The molecule has 1 aliphatic rings. The number of rotatable bonds is 4. The van der Waals surface area contributed by atoms with Crippen molar-refractivity contribution in [3.8, 4) is 0 Å². The topological polar surface area (TPSA) is 110 Å². The minimum Gasteiger partial charge on any atom is -0.547 e. The highest BCUT2D eigenvalue weighted by Gasteiger charge is 2.53. The smallest absolute Gasteiger partial charge is 0.228 e. The van der Waals surface area contributed by atoms with Gasteiger partial charge in [-0.3, -0.25) is 4.79 Å². The fourth-order valence-corrected chi connectivity index (χ4v) is 1.29. The van der Waals surface area contributed by atoms with Gasteiger partial charge in [0.1, 0.15) is 12.3 Å². The van der Waals surface area contributed by atoms with Crippen LogP contribution in [0.15, 0.2) is 0 Å². The fraction of sp³-hybridized carbons (Fsp3) is 0.571. The third kappa shape index (κ3) is 1.13. The molecule has 0 aromatic carbocycles. The second-order valence-electron chi connectivity index (χ2n) is 2.85.